The molecule has 1 aromatic carbocycles. The van der Waals surface area contributed by atoms with Crippen LogP contribution < -0.4 is 0 Å². The van der Waals surface area contributed by atoms with Crippen molar-refractivity contribution < 1.29 is 0 Å². The van der Waals surface area contributed by atoms with E-state index in [1.165, 1.54) is 4.90 Å². The van der Waals surface area contributed by atoms with Crippen molar-refractivity contribution >= 4 is 12.7 Å². The van der Waals surface area contributed by atoms with Gasteiger partial charge in [-0.15, -0.1) is 0 Å². The summed E-state index contributed by atoms with van der Waals surface area (Å²) in [5.41, 5.74) is 2.98. The minimum absolute atomic E-state index is 0.0627. The van der Waals surface area contributed by atoms with Crippen LogP contribution in [0.1, 0.15) is 18.5 Å². The SMILES string of the molecule is CC(c1ccc(-c2ccccc2)nc1)N(C=N)C=N. The predicted molar refractivity (Wildman–Crippen MR) is 77.5 cm³/mol. The fourth-order valence-electron chi connectivity index (χ4n) is 1.87. The van der Waals surface area contributed by atoms with Crippen LogP contribution in [0.2, 0.25) is 0 Å². The molecule has 0 bridgehead atoms. The van der Waals surface area contributed by atoms with E-state index < -0.39 is 0 Å². The Morgan fingerprint density at radius 3 is 2.26 bits per heavy atom. The van der Waals surface area contributed by atoms with E-state index in [1.807, 2.05) is 49.4 Å². The number of rotatable bonds is 5. The van der Waals surface area contributed by atoms with Crippen LogP contribution in [0.3, 0.4) is 0 Å². The van der Waals surface area contributed by atoms with Gasteiger partial charge in [0.05, 0.1) is 24.4 Å². The van der Waals surface area contributed by atoms with Crippen molar-refractivity contribution in [2.75, 3.05) is 0 Å². The molecule has 0 aliphatic heterocycles. The molecule has 0 fully saturated rings. The molecular weight excluding hydrogens is 236 g/mol. The van der Waals surface area contributed by atoms with Gasteiger partial charge < -0.3 is 4.90 Å². The molecule has 0 aliphatic carbocycles. The average molecular weight is 252 g/mol. The Morgan fingerprint density at radius 1 is 1.05 bits per heavy atom. The molecule has 2 rings (SSSR count). The lowest BCUT2D eigenvalue weighted by molar-refractivity contribution is 0.502. The lowest BCUT2D eigenvalue weighted by Gasteiger charge is -2.21. The number of aromatic nitrogens is 1. The Labute approximate surface area is 112 Å². The summed E-state index contributed by atoms with van der Waals surface area (Å²) in [5.74, 6) is 0. The number of nitrogens with zero attached hydrogens (tertiary/aromatic N) is 2. The molecule has 2 aromatic rings. The highest BCUT2D eigenvalue weighted by molar-refractivity contribution is 5.72. The third kappa shape index (κ3) is 2.85. The van der Waals surface area contributed by atoms with Gasteiger partial charge in [-0.2, -0.15) is 0 Å². The van der Waals surface area contributed by atoms with Gasteiger partial charge in [0.25, 0.3) is 0 Å². The minimum Gasteiger partial charge on any atom is -0.317 e. The maximum atomic E-state index is 7.25. The summed E-state index contributed by atoms with van der Waals surface area (Å²) >= 11 is 0. The van der Waals surface area contributed by atoms with Crippen LogP contribution in [0.25, 0.3) is 11.3 Å². The summed E-state index contributed by atoms with van der Waals surface area (Å²) in [6.45, 7) is 1.94. The topological polar surface area (TPSA) is 63.8 Å². The summed E-state index contributed by atoms with van der Waals surface area (Å²) in [7, 11) is 0. The molecule has 4 heteroatoms. The van der Waals surface area contributed by atoms with Gasteiger partial charge in [0.15, 0.2) is 0 Å². The predicted octanol–water partition coefficient (Wildman–Crippen LogP) is 3.33. The van der Waals surface area contributed by atoms with Crippen molar-refractivity contribution in [2.24, 2.45) is 0 Å². The summed E-state index contributed by atoms with van der Waals surface area (Å²) in [5, 5.41) is 14.5. The van der Waals surface area contributed by atoms with Crippen LogP contribution in [-0.4, -0.2) is 22.6 Å². The molecule has 2 N–H and O–H groups in total. The van der Waals surface area contributed by atoms with Crippen LogP contribution in [0, 0.1) is 10.8 Å². The van der Waals surface area contributed by atoms with E-state index in [1.54, 1.807) is 6.20 Å². The van der Waals surface area contributed by atoms with Crippen molar-refractivity contribution in [3.8, 4) is 11.3 Å². The standard InChI is InChI=1S/C15H16N4/c1-12(19(10-16)11-17)14-7-8-15(18-9-14)13-5-3-2-4-6-13/h2-12,16-17H,1H3. The molecule has 4 nitrogen and oxygen atoms in total. The molecule has 96 valence electrons. The number of nitrogens with one attached hydrogen (secondary N) is 2. The zero-order valence-corrected chi connectivity index (χ0v) is 10.7. The summed E-state index contributed by atoms with van der Waals surface area (Å²) in [4.78, 5) is 5.96. The first kappa shape index (κ1) is 13.0. The molecule has 1 unspecified atom stereocenters. The van der Waals surface area contributed by atoms with Crippen LogP contribution >= 0.6 is 0 Å². The smallest absolute Gasteiger partial charge is 0.0874 e. The van der Waals surface area contributed by atoms with Gasteiger partial charge in [-0.25, -0.2) is 0 Å². The summed E-state index contributed by atoms with van der Waals surface area (Å²) in [6, 6.07) is 13.9. The maximum Gasteiger partial charge on any atom is 0.0874 e. The molecule has 0 spiro atoms. The lowest BCUT2D eigenvalue weighted by Crippen LogP contribution is -2.23. The fraction of sp³-hybridized carbons (Fsp3) is 0.133. The zero-order chi connectivity index (χ0) is 13.7. The summed E-state index contributed by atoms with van der Waals surface area (Å²) < 4.78 is 0. The van der Waals surface area contributed by atoms with Gasteiger partial charge in [0.2, 0.25) is 0 Å². The Balaban J connectivity index is 2.24. The molecule has 1 aromatic heterocycles. The normalized spacial score (nSPS) is 11.6. The van der Waals surface area contributed by atoms with Crippen LogP contribution in [0.4, 0.5) is 0 Å². The molecular formula is C15H16N4. The molecule has 0 amide bonds. The Hall–Kier alpha value is -2.49. The van der Waals surface area contributed by atoms with Gasteiger partial charge in [0.1, 0.15) is 0 Å². The van der Waals surface area contributed by atoms with Crippen molar-refractivity contribution in [2.45, 2.75) is 13.0 Å². The van der Waals surface area contributed by atoms with Gasteiger partial charge in [-0.3, -0.25) is 15.8 Å². The average Bonchev–Trinajstić information content (AvgIpc) is 2.49. The molecule has 0 saturated carbocycles. The van der Waals surface area contributed by atoms with E-state index in [-0.39, 0.29) is 6.04 Å². The van der Waals surface area contributed by atoms with Crippen molar-refractivity contribution in [3.63, 3.8) is 0 Å². The quantitative estimate of drug-likeness (QED) is 0.633. The second kappa shape index (κ2) is 5.91. The third-order valence-corrected chi connectivity index (χ3v) is 3.08. The number of benzene rings is 1. The number of pyridine rings is 1. The Bertz CT molecular complexity index is 540. The highest BCUT2D eigenvalue weighted by Crippen LogP contribution is 2.21. The van der Waals surface area contributed by atoms with Gasteiger partial charge in [-0.1, -0.05) is 36.4 Å². The van der Waals surface area contributed by atoms with Crippen molar-refractivity contribution in [1.29, 1.82) is 10.8 Å². The van der Waals surface area contributed by atoms with Gasteiger partial charge in [0, 0.05) is 11.8 Å². The monoisotopic (exact) mass is 252 g/mol. The molecule has 0 saturated heterocycles. The highest BCUT2D eigenvalue weighted by atomic mass is 15.2. The molecule has 1 heterocycles. The Kier molecular flexibility index (Phi) is 4.03. The summed E-state index contributed by atoms with van der Waals surface area (Å²) in [6.07, 6.45) is 4.08. The lowest BCUT2D eigenvalue weighted by atomic mass is 10.1. The number of hydrogen-bond donors (Lipinski definition) is 2. The molecule has 1 atom stereocenters. The second-order valence-corrected chi connectivity index (χ2v) is 4.22. The highest BCUT2D eigenvalue weighted by Gasteiger charge is 2.11. The first-order valence-electron chi connectivity index (χ1n) is 6.06. The molecule has 0 aliphatic rings. The van der Waals surface area contributed by atoms with Crippen LogP contribution in [0.15, 0.2) is 48.7 Å². The second-order valence-electron chi connectivity index (χ2n) is 4.22. The van der Waals surface area contributed by atoms with E-state index in [2.05, 4.69) is 4.98 Å². The number of hydrogen-bond acceptors (Lipinski definition) is 3. The molecule has 0 radical (unpaired) electrons. The first-order chi connectivity index (χ1) is 9.26. The van der Waals surface area contributed by atoms with Crippen LogP contribution in [-0.2, 0) is 0 Å². The van der Waals surface area contributed by atoms with E-state index >= 15 is 0 Å². The van der Waals surface area contributed by atoms with E-state index in [0.29, 0.717) is 0 Å². The van der Waals surface area contributed by atoms with Crippen molar-refractivity contribution in [3.05, 3.63) is 54.2 Å². The van der Waals surface area contributed by atoms with Crippen molar-refractivity contribution in [1.82, 2.24) is 9.88 Å². The van der Waals surface area contributed by atoms with E-state index in [4.69, 9.17) is 10.8 Å². The fourth-order valence-corrected chi connectivity index (χ4v) is 1.87. The van der Waals surface area contributed by atoms with Gasteiger partial charge in [-0.05, 0) is 18.6 Å². The minimum atomic E-state index is -0.0627. The zero-order valence-electron chi connectivity index (χ0n) is 10.7. The van der Waals surface area contributed by atoms with Crippen LogP contribution in [0.5, 0.6) is 0 Å². The Morgan fingerprint density at radius 2 is 1.74 bits per heavy atom. The largest absolute Gasteiger partial charge is 0.317 e. The maximum absolute atomic E-state index is 7.25. The van der Waals surface area contributed by atoms with E-state index in [9.17, 15) is 0 Å². The third-order valence-electron chi connectivity index (χ3n) is 3.08. The van der Waals surface area contributed by atoms with Gasteiger partial charge >= 0.3 is 0 Å². The first-order valence-corrected chi connectivity index (χ1v) is 6.06. The van der Waals surface area contributed by atoms with E-state index in [0.717, 1.165) is 29.5 Å². The molecule has 19 heavy (non-hydrogen) atoms.